The molecule has 2 aliphatic heterocycles. The van der Waals surface area contributed by atoms with E-state index in [0.717, 1.165) is 30.9 Å². The number of aliphatic carboxylic acids is 1. The number of nitrogens with one attached hydrogen (secondary N) is 2. The van der Waals surface area contributed by atoms with E-state index in [2.05, 4.69) is 48.6 Å². The second-order valence-electron chi connectivity index (χ2n) is 16.9. The Hall–Kier alpha value is -7.66. The molecule has 25 nitrogen and oxygen atoms in total. The third-order valence-corrected chi connectivity index (χ3v) is 13.9. The van der Waals surface area contributed by atoms with Crippen LogP contribution in [0.4, 0.5) is 44.1 Å². The van der Waals surface area contributed by atoms with Gasteiger partial charge in [0.05, 0.1) is 41.0 Å². The lowest BCUT2D eigenvalue weighted by atomic mass is 9.92. The number of ether oxygens (including phenoxy) is 4. The number of aromatic carboxylic acids is 2. The fourth-order valence-electron chi connectivity index (χ4n) is 6.63. The number of hydrogen-bond donors (Lipinski definition) is 7. The second-order valence-corrected chi connectivity index (χ2v) is 22.6. The number of hydrogen-bond acceptors (Lipinski definition) is 18. The number of carboxylic acid groups (broad SMARTS) is 3. The van der Waals surface area contributed by atoms with E-state index in [1.165, 1.54) is 71.3 Å². The lowest BCUT2D eigenvalue weighted by molar-refractivity contribution is -0.138. The molecule has 0 bridgehead atoms. The fourth-order valence-corrected chi connectivity index (χ4v) is 9.71. The molecule has 35 heteroatoms. The van der Waals surface area contributed by atoms with Crippen LogP contribution in [0.5, 0.6) is 23.3 Å². The van der Waals surface area contributed by atoms with Crippen LogP contribution in [0.1, 0.15) is 46.8 Å². The van der Waals surface area contributed by atoms with E-state index in [4.69, 9.17) is 65.0 Å². The largest absolute Gasteiger partial charge is 0.494 e. The first-order chi connectivity index (χ1) is 37.3. The van der Waals surface area contributed by atoms with Crippen LogP contribution in [-0.4, -0.2) is 130 Å². The molecule has 0 radical (unpaired) electrons. The zero-order chi connectivity index (χ0) is 60.0. The molecule has 0 saturated heterocycles. The first-order valence-electron chi connectivity index (χ1n) is 22.0. The van der Waals surface area contributed by atoms with Crippen LogP contribution in [0, 0.1) is 23.6 Å². The number of methoxy groups -OCH3 is 1. The molecule has 80 heavy (non-hydrogen) atoms. The molecule has 7 rings (SSSR count). The smallest absolute Gasteiger partial charge is 0.388 e. The van der Waals surface area contributed by atoms with Gasteiger partial charge in [-0.25, -0.2) is 36.9 Å². The van der Waals surface area contributed by atoms with Gasteiger partial charge in [0.15, 0.2) is 25.5 Å². The van der Waals surface area contributed by atoms with Crippen molar-refractivity contribution >= 4 is 99.3 Å². The first kappa shape index (κ1) is 64.9. The van der Waals surface area contributed by atoms with Gasteiger partial charge in [-0.2, -0.15) is 31.9 Å². The summed E-state index contributed by atoms with van der Waals surface area (Å²) in [7, 11) is -6.48. The second kappa shape index (κ2) is 28.0. The number of terminal acetylenes is 1. The molecule has 0 spiro atoms. The fraction of sp³-hybridized carbons (Fsp3) is 0.311. The highest BCUT2D eigenvalue weighted by atomic mass is 35.5. The Morgan fingerprint density at radius 1 is 1.01 bits per heavy atom. The zero-order valence-electron chi connectivity index (χ0n) is 41.6. The van der Waals surface area contributed by atoms with Gasteiger partial charge in [-0.3, -0.25) is 24.4 Å². The quantitative estimate of drug-likeness (QED) is 0.0313. The number of benzene rings is 3. The third-order valence-electron chi connectivity index (χ3n) is 10.0. The number of urea groups is 1. The van der Waals surface area contributed by atoms with E-state index in [1.54, 1.807) is 5.32 Å². The first-order valence-corrected chi connectivity index (χ1v) is 27.3. The summed E-state index contributed by atoms with van der Waals surface area (Å²) >= 11 is 12.6. The molecule has 0 saturated carbocycles. The highest BCUT2D eigenvalue weighted by Crippen LogP contribution is 2.39. The molecule has 5 aromatic rings. The molecule has 0 fully saturated rings. The maximum absolute atomic E-state index is 14.5. The molecule has 2 aliphatic rings. The Bertz CT molecular complexity index is 3390. The molecular formula is C45H45Cl2F5N9O16PS2. The number of fused-ring (bicyclic) bond motifs is 2. The molecular weight excluding hydrogens is 1180 g/mol. The number of alkyl halides is 4. The number of aromatic nitrogens is 4. The summed E-state index contributed by atoms with van der Waals surface area (Å²) in [4.78, 5) is 77.0. The molecule has 0 aliphatic carbocycles. The van der Waals surface area contributed by atoms with Crippen LogP contribution in [0.2, 0.25) is 10.0 Å². The number of rotatable bonds is 16. The van der Waals surface area contributed by atoms with Crippen molar-refractivity contribution in [3.8, 4) is 35.6 Å². The Balaban J connectivity index is 0.000000248. The molecule has 3 aromatic carbocycles. The van der Waals surface area contributed by atoms with Crippen LogP contribution in [0.25, 0.3) is 0 Å². The number of halogens is 7. The summed E-state index contributed by atoms with van der Waals surface area (Å²) in [5.41, 5.74) is 5.01. The standard InChI is InChI=1S/C18H17FN4O2S.C14H10F4N4O7S.C8H6Cl2O3.C5H12NO4P/c1-4-5-22-13-7-12(11(19)6-14(13)25-9-16(22)24)20-17-23-10-18(2,3)8-15(23)21-26-17;15-11(16)28-8-5-9(29-12(17)18)20-13(19-8)21-14(25)22-30(26,27)7-4-2-1-3-6(7)10(23)24;1-13-7-5(10)3-2-4(9)6(7)8(11)12;1-11(9,10)3-2-4(6)5(7)8/h1,6-7H,5,8-10H2,2-3H3;1-5,11-12H,(H,23,24)(H2,19,20,21,22,25);2-3H,1H3,(H,11,12);4H,2-3,6H2,1H3,(H,7,8)(H,9,10). The van der Waals surface area contributed by atoms with Crippen molar-refractivity contribution < 1.29 is 98.1 Å². The van der Waals surface area contributed by atoms with Crippen LogP contribution in [-0.2, 0) is 37.1 Å². The van der Waals surface area contributed by atoms with Crippen LogP contribution < -0.4 is 44.4 Å². The summed E-state index contributed by atoms with van der Waals surface area (Å²) in [6, 6.07) is 7.84. The van der Waals surface area contributed by atoms with Crippen molar-refractivity contribution in [2.75, 3.05) is 43.3 Å². The number of nitrogens with two attached hydrogens (primary N) is 1. The van der Waals surface area contributed by atoms with E-state index >= 15 is 0 Å². The van der Waals surface area contributed by atoms with Crippen molar-refractivity contribution in [2.45, 2.75) is 57.4 Å². The van der Waals surface area contributed by atoms with Crippen molar-refractivity contribution in [3.63, 3.8) is 0 Å². The van der Waals surface area contributed by atoms with E-state index in [-0.39, 0.29) is 64.1 Å². The molecule has 8 N–H and O–H groups in total. The van der Waals surface area contributed by atoms with Crippen molar-refractivity contribution in [1.82, 2.24) is 23.6 Å². The van der Waals surface area contributed by atoms with Gasteiger partial charge in [-0.1, -0.05) is 55.1 Å². The summed E-state index contributed by atoms with van der Waals surface area (Å²) < 4.78 is 125. The predicted molar refractivity (Wildman–Crippen MR) is 275 cm³/mol. The van der Waals surface area contributed by atoms with Gasteiger partial charge in [-0.15, -0.1) is 6.42 Å². The minimum absolute atomic E-state index is 0.0412. The van der Waals surface area contributed by atoms with E-state index in [0.29, 0.717) is 22.3 Å². The number of amides is 3. The zero-order valence-corrected chi connectivity index (χ0v) is 45.6. The Morgan fingerprint density at radius 3 is 2.16 bits per heavy atom. The van der Waals surface area contributed by atoms with Crippen LogP contribution in [0.15, 0.2) is 64.5 Å². The number of carbonyl (C=O) groups excluding carboxylic acids is 2. The maximum atomic E-state index is 14.5. The molecule has 432 valence electrons. The van der Waals surface area contributed by atoms with E-state index < -0.39 is 94.6 Å². The summed E-state index contributed by atoms with van der Waals surface area (Å²) in [6.45, 7) is -0.581. The summed E-state index contributed by atoms with van der Waals surface area (Å²) in [6.07, 6.45) is 6.22. The lowest BCUT2D eigenvalue weighted by Gasteiger charge is -2.28. The lowest BCUT2D eigenvalue weighted by Crippen LogP contribution is -2.39. The van der Waals surface area contributed by atoms with Crippen molar-refractivity contribution in [1.29, 1.82) is 0 Å². The number of carboxylic acids is 3. The van der Waals surface area contributed by atoms with Gasteiger partial charge < -0.3 is 49.5 Å². The molecule has 3 amide bonds. The van der Waals surface area contributed by atoms with Crippen LogP contribution in [0.3, 0.4) is 0 Å². The minimum atomic E-state index is -4.71. The average Bonchev–Trinajstić information content (AvgIpc) is 3.88. The number of nitrogens with zero attached hydrogens (tertiary/aromatic N) is 6. The Kier molecular flexibility index (Phi) is 22.7. The predicted octanol–water partition coefficient (Wildman–Crippen LogP) is 6.53. The van der Waals surface area contributed by atoms with Gasteiger partial charge in [-0.05, 0) is 42.2 Å². The summed E-state index contributed by atoms with van der Waals surface area (Å²) in [5, 5.41) is 28.1. The highest BCUT2D eigenvalue weighted by molar-refractivity contribution is 7.90. The maximum Gasteiger partial charge on any atom is 0.388 e. The van der Waals surface area contributed by atoms with Gasteiger partial charge >= 0.3 is 37.2 Å². The minimum Gasteiger partial charge on any atom is -0.494 e. The van der Waals surface area contributed by atoms with Gasteiger partial charge in [0.1, 0.15) is 33.8 Å². The normalized spacial score (nSPS) is 14.3. The van der Waals surface area contributed by atoms with E-state index in [1.807, 2.05) is 4.57 Å². The van der Waals surface area contributed by atoms with Crippen molar-refractivity contribution in [3.05, 3.63) is 92.2 Å². The number of carbonyl (C=O) groups is 5. The topological polar surface area (TPSA) is 364 Å². The van der Waals surface area contributed by atoms with Gasteiger partial charge in [0.25, 0.3) is 15.9 Å². The molecule has 2 atom stereocenters. The van der Waals surface area contributed by atoms with Gasteiger partial charge in [0.2, 0.25) is 22.5 Å². The SMILES string of the molecule is C#CCN1C(=O)COc2cc(F)c(N=c3snc4n3CC(C)(C)C4)cc21.COc1c(Cl)ccc(Cl)c1C(=O)O.CP(=O)(O)CCC(N)C(=O)O.O=C(Nc1nc(OC(F)F)cc(OC(F)F)n1)NS(=O)(=O)c1ccccc1C(=O)O. The van der Waals surface area contributed by atoms with Crippen molar-refractivity contribution in [2.24, 2.45) is 16.1 Å². The highest BCUT2D eigenvalue weighted by Gasteiger charge is 2.32. The Labute approximate surface area is 463 Å². The molecule has 2 aromatic heterocycles. The van der Waals surface area contributed by atoms with Crippen LogP contribution >= 0.6 is 42.1 Å². The Morgan fingerprint density at radius 2 is 1.62 bits per heavy atom. The number of anilines is 2. The third kappa shape index (κ3) is 18.7. The molecule has 2 unspecified atom stereocenters. The summed E-state index contributed by atoms with van der Waals surface area (Å²) in [5.74, 6) is -3.75. The number of sulfonamides is 1. The molecule has 4 heterocycles. The monoisotopic (exact) mass is 1230 g/mol. The average molecular weight is 1230 g/mol. The van der Waals surface area contributed by atoms with Gasteiger partial charge in [0, 0.05) is 43.4 Å². The van der Waals surface area contributed by atoms with E-state index in [9.17, 15) is 58.9 Å².